The molecule has 1 saturated heterocycles. The maximum atomic E-state index is 12.1. The number of carbonyl (C=O) groups is 1. The van der Waals surface area contributed by atoms with E-state index >= 15 is 0 Å². The summed E-state index contributed by atoms with van der Waals surface area (Å²) in [4.78, 5) is 14.5. The van der Waals surface area contributed by atoms with Gasteiger partial charge in [-0.2, -0.15) is 0 Å². The van der Waals surface area contributed by atoms with Gasteiger partial charge in [0.15, 0.2) is 0 Å². The lowest BCUT2D eigenvalue weighted by Crippen LogP contribution is -2.59. The summed E-state index contributed by atoms with van der Waals surface area (Å²) in [6.45, 7) is 13.5. The fourth-order valence-electron chi connectivity index (χ4n) is 2.54. The molecule has 0 aromatic rings. The largest absolute Gasteiger partial charge is 0.352 e. The minimum atomic E-state index is -0.0866. The Morgan fingerprint density at radius 3 is 2.55 bits per heavy atom. The van der Waals surface area contributed by atoms with E-state index in [1.165, 1.54) is 0 Å². The Labute approximate surface area is 123 Å². The van der Waals surface area contributed by atoms with Crippen LogP contribution >= 0.6 is 0 Å². The molecule has 20 heavy (non-hydrogen) atoms. The van der Waals surface area contributed by atoms with Crippen molar-refractivity contribution in [1.29, 1.82) is 0 Å². The summed E-state index contributed by atoms with van der Waals surface area (Å²) >= 11 is 0. The second kappa shape index (κ2) is 9.32. The minimum Gasteiger partial charge on any atom is -0.352 e. The Morgan fingerprint density at radius 1 is 1.30 bits per heavy atom. The van der Waals surface area contributed by atoms with Gasteiger partial charge in [-0.05, 0) is 46.3 Å². The van der Waals surface area contributed by atoms with Gasteiger partial charge < -0.3 is 20.9 Å². The lowest BCUT2D eigenvalue weighted by atomic mass is 10.1. The number of rotatable bonds is 8. The summed E-state index contributed by atoms with van der Waals surface area (Å²) in [5.41, 5.74) is 0. The predicted molar refractivity (Wildman–Crippen MR) is 83.9 cm³/mol. The van der Waals surface area contributed by atoms with Crippen LogP contribution in [-0.2, 0) is 4.79 Å². The number of carbonyl (C=O) groups excluding carboxylic acids is 1. The van der Waals surface area contributed by atoms with Gasteiger partial charge >= 0.3 is 0 Å². The summed E-state index contributed by atoms with van der Waals surface area (Å²) in [5, 5.41) is 9.73. The Balaban J connectivity index is 2.18. The van der Waals surface area contributed by atoms with Crippen molar-refractivity contribution in [2.75, 3.05) is 32.7 Å². The topological polar surface area (TPSA) is 56.4 Å². The molecule has 0 saturated carbocycles. The third-order valence-corrected chi connectivity index (χ3v) is 4.05. The van der Waals surface area contributed by atoms with Crippen LogP contribution in [-0.4, -0.2) is 61.7 Å². The van der Waals surface area contributed by atoms with Crippen molar-refractivity contribution in [2.45, 2.75) is 58.7 Å². The highest BCUT2D eigenvalue weighted by Crippen LogP contribution is 2.01. The SMILES string of the molecule is CCN(CC)CCCC(C)NC(=O)C1CNC(C)CN1. The van der Waals surface area contributed by atoms with Gasteiger partial charge in [-0.3, -0.25) is 4.79 Å². The normalized spacial score (nSPS) is 24.6. The van der Waals surface area contributed by atoms with E-state index in [0.29, 0.717) is 6.04 Å². The third-order valence-electron chi connectivity index (χ3n) is 4.05. The van der Waals surface area contributed by atoms with E-state index in [1.807, 2.05) is 0 Å². The van der Waals surface area contributed by atoms with E-state index in [2.05, 4.69) is 48.5 Å². The molecule has 0 radical (unpaired) electrons. The molecule has 1 aliphatic rings. The summed E-state index contributed by atoms with van der Waals surface area (Å²) in [6, 6.07) is 0.612. The van der Waals surface area contributed by atoms with E-state index in [0.717, 1.165) is 45.6 Å². The average Bonchev–Trinajstić information content (AvgIpc) is 2.44. The van der Waals surface area contributed by atoms with Crippen LogP contribution in [0.2, 0.25) is 0 Å². The fraction of sp³-hybridized carbons (Fsp3) is 0.933. The standard InChI is InChI=1S/C15H32N4O/c1-5-19(6-2)9-7-8-12(3)18-15(20)14-11-16-13(4)10-17-14/h12-14,16-17H,5-11H2,1-4H3,(H,18,20). The molecule has 0 spiro atoms. The van der Waals surface area contributed by atoms with Gasteiger partial charge in [-0.25, -0.2) is 0 Å². The van der Waals surface area contributed by atoms with Crippen molar-refractivity contribution in [1.82, 2.24) is 20.9 Å². The van der Waals surface area contributed by atoms with E-state index in [9.17, 15) is 4.79 Å². The number of hydrogen-bond donors (Lipinski definition) is 3. The quantitative estimate of drug-likeness (QED) is 0.610. The Bertz CT molecular complexity index is 273. The predicted octanol–water partition coefficient (Wildman–Crippen LogP) is 0.563. The Hall–Kier alpha value is -0.650. The third kappa shape index (κ3) is 6.20. The van der Waals surface area contributed by atoms with Crippen LogP contribution in [0.1, 0.15) is 40.5 Å². The lowest BCUT2D eigenvalue weighted by molar-refractivity contribution is -0.124. The smallest absolute Gasteiger partial charge is 0.238 e. The molecule has 1 heterocycles. The van der Waals surface area contributed by atoms with E-state index in [-0.39, 0.29) is 18.0 Å². The van der Waals surface area contributed by atoms with E-state index in [4.69, 9.17) is 0 Å². The van der Waals surface area contributed by atoms with Crippen LogP contribution in [0.15, 0.2) is 0 Å². The van der Waals surface area contributed by atoms with Gasteiger partial charge in [0.25, 0.3) is 0 Å². The Kier molecular flexibility index (Phi) is 8.11. The first-order chi connectivity index (χ1) is 9.56. The van der Waals surface area contributed by atoms with Crippen molar-refractivity contribution >= 4 is 5.91 Å². The van der Waals surface area contributed by atoms with Crippen molar-refractivity contribution < 1.29 is 4.79 Å². The first-order valence-electron chi connectivity index (χ1n) is 8.06. The van der Waals surface area contributed by atoms with Gasteiger partial charge in [0.1, 0.15) is 0 Å². The minimum absolute atomic E-state index is 0.0866. The second-order valence-corrected chi connectivity index (χ2v) is 5.85. The first-order valence-corrected chi connectivity index (χ1v) is 8.06. The van der Waals surface area contributed by atoms with Crippen molar-refractivity contribution in [3.63, 3.8) is 0 Å². The zero-order chi connectivity index (χ0) is 15.0. The van der Waals surface area contributed by atoms with Crippen LogP contribution in [0.4, 0.5) is 0 Å². The molecule has 0 aliphatic carbocycles. The molecule has 0 aromatic heterocycles. The maximum Gasteiger partial charge on any atom is 0.238 e. The highest BCUT2D eigenvalue weighted by atomic mass is 16.2. The number of piperazine rings is 1. The molecule has 1 rings (SSSR count). The number of amides is 1. The molecule has 5 nitrogen and oxygen atoms in total. The van der Waals surface area contributed by atoms with E-state index < -0.39 is 0 Å². The van der Waals surface area contributed by atoms with Crippen LogP contribution in [0.3, 0.4) is 0 Å². The summed E-state index contributed by atoms with van der Waals surface area (Å²) in [6.07, 6.45) is 2.18. The van der Waals surface area contributed by atoms with Crippen LogP contribution in [0, 0.1) is 0 Å². The molecule has 118 valence electrons. The lowest BCUT2D eigenvalue weighted by Gasteiger charge is -2.29. The van der Waals surface area contributed by atoms with Gasteiger partial charge in [0.05, 0.1) is 6.04 Å². The molecule has 5 heteroatoms. The van der Waals surface area contributed by atoms with Crippen molar-refractivity contribution in [2.24, 2.45) is 0 Å². The van der Waals surface area contributed by atoms with Gasteiger partial charge in [0, 0.05) is 25.2 Å². The highest BCUT2D eigenvalue weighted by Gasteiger charge is 2.23. The zero-order valence-electron chi connectivity index (χ0n) is 13.5. The molecule has 0 bridgehead atoms. The van der Waals surface area contributed by atoms with Crippen LogP contribution in [0.5, 0.6) is 0 Å². The van der Waals surface area contributed by atoms with Gasteiger partial charge in [-0.1, -0.05) is 13.8 Å². The summed E-state index contributed by atoms with van der Waals surface area (Å²) < 4.78 is 0. The van der Waals surface area contributed by atoms with Crippen LogP contribution in [0.25, 0.3) is 0 Å². The Morgan fingerprint density at radius 2 is 2.00 bits per heavy atom. The molecular weight excluding hydrogens is 252 g/mol. The molecule has 1 aliphatic heterocycles. The summed E-state index contributed by atoms with van der Waals surface area (Å²) in [5.74, 6) is 0.125. The molecule has 3 atom stereocenters. The van der Waals surface area contributed by atoms with Crippen molar-refractivity contribution in [3.8, 4) is 0 Å². The first kappa shape index (κ1) is 17.4. The molecule has 3 unspecified atom stereocenters. The molecule has 1 amide bonds. The summed E-state index contributed by atoms with van der Waals surface area (Å²) in [7, 11) is 0. The fourth-order valence-corrected chi connectivity index (χ4v) is 2.54. The molecular formula is C15H32N4O. The number of nitrogens with zero attached hydrogens (tertiary/aromatic N) is 1. The molecule has 3 N–H and O–H groups in total. The highest BCUT2D eigenvalue weighted by molar-refractivity contribution is 5.82. The van der Waals surface area contributed by atoms with Gasteiger partial charge in [0.2, 0.25) is 5.91 Å². The molecule has 0 aromatic carbocycles. The van der Waals surface area contributed by atoms with E-state index in [1.54, 1.807) is 0 Å². The van der Waals surface area contributed by atoms with Crippen LogP contribution < -0.4 is 16.0 Å². The van der Waals surface area contributed by atoms with Crippen molar-refractivity contribution in [3.05, 3.63) is 0 Å². The molecule has 1 fully saturated rings. The monoisotopic (exact) mass is 284 g/mol. The number of hydrogen-bond acceptors (Lipinski definition) is 4. The maximum absolute atomic E-state index is 12.1. The second-order valence-electron chi connectivity index (χ2n) is 5.85. The van der Waals surface area contributed by atoms with Gasteiger partial charge in [-0.15, -0.1) is 0 Å². The number of nitrogens with one attached hydrogen (secondary N) is 3. The zero-order valence-corrected chi connectivity index (χ0v) is 13.5. The average molecular weight is 284 g/mol.